The normalized spacial score (nSPS) is 26.4. The van der Waals surface area contributed by atoms with E-state index in [1.54, 1.807) is 0 Å². The van der Waals surface area contributed by atoms with Gasteiger partial charge in [0, 0.05) is 5.41 Å². The first-order valence-electron chi connectivity index (χ1n) is 6.90. The Morgan fingerprint density at radius 3 is 2.25 bits per heavy atom. The van der Waals surface area contributed by atoms with Gasteiger partial charge in [-0.1, -0.05) is 33.1 Å². The fraction of sp³-hybridized carbons (Fsp3) is 1.00. The van der Waals surface area contributed by atoms with E-state index in [1.165, 1.54) is 32.1 Å². The molecule has 0 radical (unpaired) electrons. The maximum absolute atomic E-state index is 5.78. The van der Waals surface area contributed by atoms with E-state index in [1.807, 2.05) is 0 Å². The number of hydrogen-bond donors (Lipinski definition) is 1. The van der Waals surface area contributed by atoms with Gasteiger partial charge in [0.1, 0.15) is 0 Å². The summed E-state index contributed by atoms with van der Waals surface area (Å²) < 4.78 is 5.58. The molecule has 0 unspecified atom stereocenters. The third-order valence-electron chi connectivity index (χ3n) is 5.22. The highest BCUT2D eigenvalue weighted by molar-refractivity contribution is 5.02. The van der Waals surface area contributed by atoms with Crippen LogP contribution in [0.4, 0.5) is 0 Å². The number of hydrogen-bond acceptors (Lipinski definition) is 2. The minimum Gasteiger partial charge on any atom is -0.380 e. The summed E-state index contributed by atoms with van der Waals surface area (Å²) in [6.45, 7) is 7.56. The molecule has 2 rings (SSSR count). The molecule has 1 aliphatic carbocycles. The van der Waals surface area contributed by atoms with Crippen molar-refractivity contribution in [1.29, 1.82) is 0 Å². The lowest BCUT2D eigenvalue weighted by Crippen LogP contribution is -2.58. The lowest BCUT2D eigenvalue weighted by atomic mass is 9.53. The SMILES string of the molecule is CC(C)(CCN)C1(C2CCCCC2)COC1. The van der Waals surface area contributed by atoms with Gasteiger partial charge in [0.05, 0.1) is 13.2 Å². The highest BCUT2D eigenvalue weighted by atomic mass is 16.5. The van der Waals surface area contributed by atoms with E-state index in [4.69, 9.17) is 10.5 Å². The van der Waals surface area contributed by atoms with E-state index < -0.39 is 0 Å². The fourth-order valence-corrected chi connectivity index (χ4v) is 3.77. The molecule has 94 valence electrons. The number of rotatable bonds is 4. The standard InChI is InChI=1S/C14H27NO/c1-13(2,8-9-15)14(10-16-11-14)12-6-4-3-5-7-12/h12H,3-11,15H2,1-2H3. The van der Waals surface area contributed by atoms with Crippen LogP contribution < -0.4 is 5.73 Å². The van der Waals surface area contributed by atoms with Crippen LogP contribution in [0.5, 0.6) is 0 Å². The Kier molecular flexibility index (Phi) is 3.60. The summed E-state index contributed by atoms with van der Waals surface area (Å²) in [4.78, 5) is 0. The van der Waals surface area contributed by atoms with Crippen molar-refractivity contribution in [2.24, 2.45) is 22.5 Å². The minimum absolute atomic E-state index is 0.349. The second kappa shape index (κ2) is 4.66. The zero-order valence-electron chi connectivity index (χ0n) is 10.9. The zero-order chi connectivity index (χ0) is 11.6. The third kappa shape index (κ3) is 1.91. The molecule has 2 fully saturated rings. The second-order valence-electron chi connectivity index (χ2n) is 6.41. The first-order chi connectivity index (χ1) is 7.62. The lowest BCUT2D eigenvalue weighted by Gasteiger charge is -2.58. The quantitative estimate of drug-likeness (QED) is 0.798. The molecule has 0 bridgehead atoms. The number of nitrogens with two attached hydrogens (primary N) is 1. The predicted molar refractivity (Wildman–Crippen MR) is 67.3 cm³/mol. The van der Waals surface area contributed by atoms with Crippen molar-refractivity contribution in [3.63, 3.8) is 0 Å². The van der Waals surface area contributed by atoms with Crippen molar-refractivity contribution in [2.75, 3.05) is 19.8 Å². The summed E-state index contributed by atoms with van der Waals surface area (Å²) in [5.41, 5.74) is 6.57. The van der Waals surface area contributed by atoms with Crippen LogP contribution in [-0.4, -0.2) is 19.8 Å². The minimum atomic E-state index is 0.349. The van der Waals surface area contributed by atoms with Crippen molar-refractivity contribution in [3.8, 4) is 0 Å². The fourth-order valence-electron chi connectivity index (χ4n) is 3.77. The van der Waals surface area contributed by atoms with Crippen molar-refractivity contribution in [1.82, 2.24) is 0 Å². The van der Waals surface area contributed by atoms with E-state index in [0.717, 1.165) is 32.1 Å². The highest BCUT2D eigenvalue weighted by Crippen LogP contribution is 2.55. The maximum atomic E-state index is 5.78. The summed E-state index contributed by atoms with van der Waals surface area (Å²) in [5, 5.41) is 0. The molecule has 1 saturated carbocycles. The van der Waals surface area contributed by atoms with Crippen LogP contribution in [0.3, 0.4) is 0 Å². The Labute approximate surface area is 99.9 Å². The molecule has 16 heavy (non-hydrogen) atoms. The van der Waals surface area contributed by atoms with Gasteiger partial charge >= 0.3 is 0 Å². The predicted octanol–water partition coefficient (Wildman–Crippen LogP) is 2.96. The average Bonchev–Trinajstić information content (AvgIpc) is 2.16. The summed E-state index contributed by atoms with van der Waals surface area (Å²) in [6.07, 6.45) is 8.24. The van der Waals surface area contributed by atoms with Crippen LogP contribution in [0, 0.1) is 16.7 Å². The van der Waals surface area contributed by atoms with Crippen molar-refractivity contribution in [2.45, 2.75) is 52.4 Å². The summed E-state index contributed by atoms with van der Waals surface area (Å²) in [5.74, 6) is 0.886. The molecule has 1 saturated heterocycles. The Morgan fingerprint density at radius 1 is 1.19 bits per heavy atom. The molecule has 0 aromatic rings. The molecule has 0 amide bonds. The van der Waals surface area contributed by atoms with Gasteiger partial charge in [-0.05, 0) is 37.1 Å². The van der Waals surface area contributed by atoms with Gasteiger partial charge < -0.3 is 10.5 Å². The van der Waals surface area contributed by atoms with Crippen LogP contribution in [0.2, 0.25) is 0 Å². The summed E-state index contributed by atoms with van der Waals surface area (Å²) in [7, 11) is 0. The molecule has 2 aliphatic rings. The van der Waals surface area contributed by atoms with Crippen LogP contribution in [-0.2, 0) is 4.74 Å². The van der Waals surface area contributed by atoms with Crippen molar-refractivity contribution < 1.29 is 4.74 Å². The first-order valence-corrected chi connectivity index (χ1v) is 6.90. The molecule has 1 aliphatic heterocycles. The lowest BCUT2D eigenvalue weighted by molar-refractivity contribution is -0.213. The molecule has 2 N–H and O–H groups in total. The average molecular weight is 225 g/mol. The molecule has 0 aromatic heterocycles. The monoisotopic (exact) mass is 225 g/mol. The molecule has 2 heteroatoms. The molecular formula is C14H27NO. The van der Waals surface area contributed by atoms with E-state index in [-0.39, 0.29) is 0 Å². The molecule has 0 atom stereocenters. The maximum Gasteiger partial charge on any atom is 0.0552 e. The van der Waals surface area contributed by atoms with Crippen LogP contribution in [0.25, 0.3) is 0 Å². The highest BCUT2D eigenvalue weighted by Gasteiger charge is 2.54. The molecule has 0 aromatic carbocycles. The molecule has 2 nitrogen and oxygen atoms in total. The van der Waals surface area contributed by atoms with E-state index in [0.29, 0.717) is 10.8 Å². The Morgan fingerprint density at radius 2 is 1.81 bits per heavy atom. The van der Waals surface area contributed by atoms with Gasteiger partial charge in [-0.25, -0.2) is 0 Å². The molecular weight excluding hydrogens is 198 g/mol. The third-order valence-corrected chi connectivity index (χ3v) is 5.22. The number of ether oxygens (including phenoxy) is 1. The first kappa shape index (κ1) is 12.4. The largest absolute Gasteiger partial charge is 0.380 e. The van der Waals surface area contributed by atoms with Crippen LogP contribution >= 0.6 is 0 Å². The van der Waals surface area contributed by atoms with Gasteiger partial charge in [-0.3, -0.25) is 0 Å². The van der Waals surface area contributed by atoms with Gasteiger partial charge in [-0.15, -0.1) is 0 Å². The van der Waals surface area contributed by atoms with Crippen LogP contribution in [0.15, 0.2) is 0 Å². The van der Waals surface area contributed by atoms with Crippen molar-refractivity contribution >= 4 is 0 Å². The van der Waals surface area contributed by atoms with Gasteiger partial charge in [0.25, 0.3) is 0 Å². The Balaban J connectivity index is 2.11. The molecule has 0 spiro atoms. The molecule has 1 heterocycles. The summed E-state index contributed by atoms with van der Waals surface area (Å²) in [6, 6.07) is 0. The van der Waals surface area contributed by atoms with Gasteiger partial charge in [-0.2, -0.15) is 0 Å². The summed E-state index contributed by atoms with van der Waals surface area (Å²) >= 11 is 0. The topological polar surface area (TPSA) is 35.2 Å². The second-order valence-corrected chi connectivity index (χ2v) is 6.41. The Bertz CT molecular complexity index is 227. The smallest absolute Gasteiger partial charge is 0.0552 e. The Hall–Kier alpha value is -0.0800. The van der Waals surface area contributed by atoms with Crippen LogP contribution in [0.1, 0.15) is 52.4 Å². The van der Waals surface area contributed by atoms with E-state index >= 15 is 0 Å². The zero-order valence-corrected chi connectivity index (χ0v) is 10.9. The van der Waals surface area contributed by atoms with E-state index in [2.05, 4.69) is 13.8 Å². The van der Waals surface area contributed by atoms with Crippen molar-refractivity contribution in [3.05, 3.63) is 0 Å². The van der Waals surface area contributed by atoms with Gasteiger partial charge in [0.2, 0.25) is 0 Å². The van der Waals surface area contributed by atoms with Gasteiger partial charge in [0.15, 0.2) is 0 Å². The van der Waals surface area contributed by atoms with E-state index in [9.17, 15) is 0 Å².